The Labute approximate surface area is 224 Å². The Kier molecular flexibility index (Phi) is 7.63. The Morgan fingerprint density at radius 1 is 1.05 bits per heavy atom. The summed E-state index contributed by atoms with van der Waals surface area (Å²) in [6, 6.07) is 11.5. The molecule has 3 heterocycles. The Hall–Kier alpha value is -3.48. The number of carbonyl (C=O) groups is 2. The third-order valence-corrected chi connectivity index (χ3v) is 9.17. The van der Waals surface area contributed by atoms with Crippen LogP contribution in [0.4, 0.5) is 5.13 Å². The molecule has 2 aliphatic rings. The van der Waals surface area contributed by atoms with Gasteiger partial charge in [0.05, 0.1) is 36.5 Å². The third-order valence-electron chi connectivity index (χ3n) is 6.52. The monoisotopic (exact) mass is 557 g/mol. The van der Waals surface area contributed by atoms with Crippen molar-refractivity contribution in [1.82, 2.24) is 9.29 Å². The van der Waals surface area contributed by atoms with Gasteiger partial charge in [-0.05, 0) is 37.1 Å². The average molecular weight is 558 g/mol. The van der Waals surface area contributed by atoms with Gasteiger partial charge in [0.2, 0.25) is 15.9 Å². The molecule has 3 aromatic rings. The smallest absolute Gasteiger partial charge is 0.337 e. The summed E-state index contributed by atoms with van der Waals surface area (Å²) in [5.41, 5.74) is 1.93. The lowest BCUT2D eigenvalue weighted by Crippen LogP contribution is -2.41. The molecule has 38 heavy (non-hydrogen) atoms. The number of anilines is 1. The number of carbonyl (C=O) groups excluding carboxylic acids is 2. The van der Waals surface area contributed by atoms with Crippen molar-refractivity contribution in [2.24, 2.45) is 5.92 Å². The van der Waals surface area contributed by atoms with Crippen LogP contribution >= 0.6 is 11.3 Å². The van der Waals surface area contributed by atoms with Crippen molar-refractivity contribution in [3.63, 3.8) is 0 Å². The van der Waals surface area contributed by atoms with Crippen LogP contribution in [0.25, 0.3) is 11.3 Å². The molecule has 1 saturated heterocycles. The molecule has 0 atom stereocenters. The van der Waals surface area contributed by atoms with Gasteiger partial charge in [0.15, 0.2) is 16.6 Å². The molecule has 0 unspecified atom stereocenters. The second-order valence-electron chi connectivity index (χ2n) is 8.93. The first-order chi connectivity index (χ1) is 18.3. The van der Waals surface area contributed by atoms with Crippen molar-refractivity contribution in [2.75, 3.05) is 38.7 Å². The Balaban J connectivity index is 1.18. The van der Waals surface area contributed by atoms with E-state index in [1.807, 2.05) is 5.38 Å². The van der Waals surface area contributed by atoms with Crippen LogP contribution in [0.1, 0.15) is 29.6 Å². The third kappa shape index (κ3) is 5.52. The van der Waals surface area contributed by atoms with Gasteiger partial charge < -0.3 is 19.5 Å². The minimum atomic E-state index is -3.73. The van der Waals surface area contributed by atoms with Crippen LogP contribution in [0.5, 0.6) is 11.5 Å². The lowest BCUT2D eigenvalue weighted by molar-refractivity contribution is -0.120. The van der Waals surface area contributed by atoms with Gasteiger partial charge in [-0.15, -0.1) is 11.3 Å². The van der Waals surface area contributed by atoms with Gasteiger partial charge in [-0.3, -0.25) is 4.79 Å². The maximum atomic E-state index is 13.2. The number of hydrogen-bond acceptors (Lipinski definition) is 9. The molecule has 1 amide bonds. The highest BCUT2D eigenvalue weighted by atomic mass is 32.2. The number of hydrogen-bond donors (Lipinski definition) is 1. The SMILES string of the molecule is COC(=O)c1ccc(-c2csc(NC(=O)C3CCN(S(=O)(=O)c4ccc5c(c4)OCCCO5)CC3)n2)cc1. The van der Waals surface area contributed by atoms with Crippen LogP contribution in [0.15, 0.2) is 52.7 Å². The van der Waals surface area contributed by atoms with Gasteiger partial charge in [0, 0.05) is 42.4 Å². The average Bonchev–Trinajstić information content (AvgIpc) is 3.28. The normalized spacial score (nSPS) is 16.4. The summed E-state index contributed by atoms with van der Waals surface area (Å²) in [7, 11) is -2.40. The maximum absolute atomic E-state index is 13.2. The van der Waals surface area contributed by atoms with E-state index in [2.05, 4.69) is 10.3 Å². The van der Waals surface area contributed by atoms with E-state index in [0.717, 1.165) is 12.0 Å². The zero-order valence-corrected chi connectivity index (χ0v) is 22.3. The fourth-order valence-corrected chi connectivity index (χ4v) is 6.59. The van der Waals surface area contributed by atoms with Gasteiger partial charge in [0.25, 0.3) is 0 Å². The van der Waals surface area contributed by atoms with E-state index >= 15 is 0 Å². The summed E-state index contributed by atoms with van der Waals surface area (Å²) in [4.78, 5) is 29.1. The van der Waals surface area contributed by atoms with Crippen molar-refractivity contribution in [3.05, 3.63) is 53.4 Å². The molecule has 2 aromatic carbocycles. The molecule has 0 spiro atoms. The van der Waals surface area contributed by atoms with Crippen LogP contribution in [-0.2, 0) is 19.6 Å². The lowest BCUT2D eigenvalue weighted by Gasteiger charge is -2.30. The number of ether oxygens (including phenoxy) is 3. The van der Waals surface area contributed by atoms with Gasteiger partial charge >= 0.3 is 5.97 Å². The van der Waals surface area contributed by atoms with Gasteiger partial charge in [-0.1, -0.05) is 12.1 Å². The number of rotatable bonds is 6. The first kappa shape index (κ1) is 26.1. The molecule has 10 nitrogen and oxygen atoms in total. The second-order valence-corrected chi connectivity index (χ2v) is 11.7. The van der Waals surface area contributed by atoms with Crippen LogP contribution in [0.2, 0.25) is 0 Å². The summed E-state index contributed by atoms with van der Waals surface area (Å²) < 4.78 is 43.8. The van der Waals surface area contributed by atoms with Crippen LogP contribution in [-0.4, -0.2) is 63.0 Å². The van der Waals surface area contributed by atoms with Crippen LogP contribution in [0, 0.1) is 5.92 Å². The van der Waals surface area contributed by atoms with E-state index < -0.39 is 16.0 Å². The number of nitrogens with zero attached hydrogens (tertiary/aromatic N) is 2. The molecule has 0 bridgehead atoms. The van der Waals surface area contributed by atoms with E-state index in [9.17, 15) is 18.0 Å². The quantitative estimate of drug-likeness (QED) is 0.454. The topological polar surface area (TPSA) is 124 Å². The lowest BCUT2D eigenvalue weighted by atomic mass is 9.97. The standard InChI is InChI=1S/C26H27N3O7S2/c1-34-25(31)19-5-3-17(4-6-19)21-16-37-26(27-21)28-24(30)18-9-11-29(12-10-18)38(32,33)20-7-8-22-23(15-20)36-14-2-13-35-22/h3-8,15-16,18H,2,9-14H2,1H3,(H,27,28,30). The number of piperidine rings is 1. The highest BCUT2D eigenvalue weighted by Crippen LogP contribution is 2.34. The number of aromatic nitrogens is 1. The summed E-state index contributed by atoms with van der Waals surface area (Å²) >= 11 is 1.30. The fourth-order valence-electron chi connectivity index (χ4n) is 4.38. The molecule has 2 aliphatic heterocycles. The summed E-state index contributed by atoms with van der Waals surface area (Å²) in [6.45, 7) is 1.48. The molecule has 5 rings (SSSR count). The van der Waals surface area contributed by atoms with Crippen molar-refractivity contribution in [1.29, 1.82) is 0 Å². The summed E-state index contributed by atoms with van der Waals surface area (Å²) in [5.74, 6) is 0.0558. The molecule has 1 N–H and O–H groups in total. The number of nitrogens with one attached hydrogen (secondary N) is 1. The molecule has 200 valence electrons. The number of methoxy groups -OCH3 is 1. The molecule has 0 aliphatic carbocycles. The Bertz CT molecular complexity index is 1430. The molecule has 0 saturated carbocycles. The Morgan fingerprint density at radius 3 is 2.47 bits per heavy atom. The maximum Gasteiger partial charge on any atom is 0.337 e. The number of sulfonamides is 1. The molecule has 12 heteroatoms. The number of esters is 1. The summed E-state index contributed by atoms with van der Waals surface area (Å²) in [5, 5.41) is 5.15. The van der Waals surface area contributed by atoms with Crippen molar-refractivity contribution in [2.45, 2.75) is 24.2 Å². The van der Waals surface area contributed by atoms with E-state index in [1.54, 1.807) is 30.3 Å². The van der Waals surface area contributed by atoms with Crippen LogP contribution < -0.4 is 14.8 Å². The number of fused-ring (bicyclic) bond motifs is 1. The van der Waals surface area contributed by atoms with E-state index in [1.165, 1.54) is 34.9 Å². The zero-order valence-electron chi connectivity index (χ0n) is 20.7. The first-order valence-corrected chi connectivity index (χ1v) is 14.5. The number of benzene rings is 2. The largest absolute Gasteiger partial charge is 0.490 e. The highest BCUT2D eigenvalue weighted by Gasteiger charge is 2.33. The first-order valence-electron chi connectivity index (χ1n) is 12.2. The van der Waals surface area contributed by atoms with Gasteiger partial charge in [-0.2, -0.15) is 4.31 Å². The van der Waals surface area contributed by atoms with Gasteiger partial charge in [0.1, 0.15) is 0 Å². The zero-order chi connectivity index (χ0) is 26.7. The molecular weight excluding hydrogens is 530 g/mol. The predicted molar refractivity (Wildman–Crippen MR) is 141 cm³/mol. The van der Waals surface area contributed by atoms with E-state index in [-0.39, 0.29) is 29.8 Å². The summed E-state index contributed by atoms with van der Waals surface area (Å²) in [6.07, 6.45) is 1.55. The number of thiazole rings is 1. The Morgan fingerprint density at radius 2 is 1.76 bits per heavy atom. The minimum Gasteiger partial charge on any atom is -0.490 e. The van der Waals surface area contributed by atoms with Crippen LogP contribution in [0.3, 0.4) is 0 Å². The number of amides is 1. The van der Waals surface area contributed by atoms with Gasteiger partial charge in [-0.25, -0.2) is 18.2 Å². The fraction of sp³-hybridized carbons (Fsp3) is 0.346. The van der Waals surface area contributed by atoms with Crippen molar-refractivity contribution in [3.8, 4) is 22.8 Å². The predicted octanol–water partition coefficient (Wildman–Crippen LogP) is 3.80. The minimum absolute atomic E-state index is 0.152. The molecule has 1 aromatic heterocycles. The van der Waals surface area contributed by atoms with E-state index in [0.29, 0.717) is 53.9 Å². The van der Waals surface area contributed by atoms with Crippen molar-refractivity contribution < 1.29 is 32.2 Å². The molecular formula is C26H27N3O7S2. The van der Waals surface area contributed by atoms with Crippen molar-refractivity contribution >= 4 is 38.4 Å². The molecule has 0 radical (unpaired) electrons. The highest BCUT2D eigenvalue weighted by molar-refractivity contribution is 7.89. The molecule has 1 fully saturated rings. The second kappa shape index (κ2) is 11.1. The van der Waals surface area contributed by atoms with E-state index in [4.69, 9.17) is 14.2 Å².